The number of carbonyl (C=O) groups excluding carboxylic acids is 1. The van der Waals surface area contributed by atoms with E-state index in [1.54, 1.807) is 24.3 Å². The van der Waals surface area contributed by atoms with Gasteiger partial charge in [-0.25, -0.2) is 12.8 Å². The molecule has 6 nitrogen and oxygen atoms in total. The molecule has 1 N–H and O–H groups in total. The summed E-state index contributed by atoms with van der Waals surface area (Å²) in [6, 6.07) is 12.8. The number of carbonyl (C=O) groups is 1. The number of nitrogens with one attached hydrogen (secondary N) is 1. The summed E-state index contributed by atoms with van der Waals surface area (Å²) in [5.41, 5.74) is 2.18. The first-order chi connectivity index (χ1) is 12.7. The second-order valence-electron chi connectivity index (χ2n) is 6.40. The maximum absolute atomic E-state index is 12.9. The molecule has 2 aromatic rings. The van der Waals surface area contributed by atoms with E-state index in [2.05, 4.69) is 5.32 Å². The molecule has 146 valence electrons. The Kier molecular flexibility index (Phi) is 6.79. The van der Waals surface area contributed by atoms with Crippen LogP contribution >= 0.6 is 0 Å². The summed E-state index contributed by atoms with van der Waals surface area (Å²) in [6.07, 6.45) is 1.24. The average Bonchev–Trinajstić information content (AvgIpc) is 2.60. The third kappa shape index (κ3) is 6.25. The summed E-state index contributed by atoms with van der Waals surface area (Å²) in [5, 5.41) is 2.70. The van der Waals surface area contributed by atoms with Crippen molar-refractivity contribution in [3.8, 4) is 0 Å². The molecule has 0 fully saturated rings. The zero-order valence-corrected chi connectivity index (χ0v) is 16.5. The molecule has 0 saturated heterocycles. The van der Waals surface area contributed by atoms with Crippen molar-refractivity contribution in [1.29, 1.82) is 0 Å². The Morgan fingerprint density at radius 1 is 1.00 bits per heavy atom. The zero-order valence-electron chi connectivity index (χ0n) is 15.6. The predicted molar refractivity (Wildman–Crippen MR) is 106 cm³/mol. The van der Waals surface area contributed by atoms with E-state index in [1.807, 2.05) is 31.1 Å². The molecule has 0 atom stereocenters. The van der Waals surface area contributed by atoms with Crippen LogP contribution < -0.4 is 14.5 Å². The molecule has 0 heterocycles. The smallest absolute Gasteiger partial charge is 0.232 e. The minimum Gasteiger partial charge on any atom is -0.378 e. The van der Waals surface area contributed by atoms with Gasteiger partial charge in [-0.15, -0.1) is 0 Å². The minimum atomic E-state index is -3.49. The normalized spacial score (nSPS) is 11.1. The molecule has 0 aliphatic heterocycles. The first-order valence-electron chi connectivity index (χ1n) is 8.43. The number of halogens is 1. The van der Waals surface area contributed by atoms with Gasteiger partial charge in [-0.3, -0.25) is 9.10 Å². The molecule has 0 bridgehead atoms. The van der Waals surface area contributed by atoms with Crippen LogP contribution in [0.5, 0.6) is 0 Å². The molecule has 0 spiro atoms. The number of nitrogens with zero attached hydrogens (tertiary/aromatic N) is 2. The van der Waals surface area contributed by atoms with E-state index in [0.29, 0.717) is 11.3 Å². The topological polar surface area (TPSA) is 69.7 Å². The molecule has 2 aromatic carbocycles. The average molecular weight is 393 g/mol. The second-order valence-corrected chi connectivity index (χ2v) is 8.31. The summed E-state index contributed by atoms with van der Waals surface area (Å²) in [4.78, 5) is 13.9. The first kappa shape index (κ1) is 20.7. The molecule has 27 heavy (non-hydrogen) atoms. The van der Waals surface area contributed by atoms with Crippen molar-refractivity contribution in [2.24, 2.45) is 0 Å². The molecule has 0 aliphatic carbocycles. The summed E-state index contributed by atoms with van der Waals surface area (Å²) in [6.45, 7) is 0.290. The fourth-order valence-corrected chi connectivity index (χ4v) is 3.48. The van der Waals surface area contributed by atoms with Crippen LogP contribution in [-0.2, 0) is 21.2 Å². The van der Waals surface area contributed by atoms with Gasteiger partial charge in [0.05, 0.1) is 24.9 Å². The number of benzene rings is 2. The van der Waals surface area contributed by atoms with E-state index in [0.717, 1.165) is 11.9 Å². The Morgan fingerprint density at radius 3 is 2.07 bits per heavy atom. The Bertz CT molecular complexity index is 866. The quantitative estimate of drug-likeness (QED) is 0.745. The molecule has 0 aromatic heterocycles. The number of rotatable bonds is 8. The highest BCUT2D eigenvalue weighted by molar-refractivity contribution is 7.92. The van der Waals surface area contributed by atoms with Gasteiger partial charge in [0, 0.05) is 26.3 Å². The highest BCUT2D eigenvalue weighted by atomic mass is 32.2. The number of sulfonamides is 1. The van der Waals surface area contributed by atoms with Gasteiger partial charge in [0.1, 0.15) is 5.82 Å². The van der Waals surface area contributed by atoms with Gasteiger partial charge in [0.25, 0.3) is 0 Å². The Balaban J connectivity index is 1.96. The van der Waals surface area contributed by atoms with Gasteiger partial charge in [0.2, 0.25) is 15.9 Å². The first-order valence-corrected chi connectivity index (χ1v) is 10.3. The van der Waals surface area contributed by atoms with Gasteiger partial charge >= 0.3 is 0 Å². The van der Waals surface area contributed by atoms with Gasteiger partial charge < -0.3 is 10.2 Å². The van der Waals surface area contributed by atoms with Crippen molar-refractivity contribution < 1.29 is 17.6 Å². The van der Waals surface area contributed by atoms with Crippen LogP contribution in [0.2, 0.25) is 0 Å². The molecular weight excluding hydrogens is 369 g/mol. The molecule has 8 heteroatoms. The van der Waals surface area contributed by atoms with Crippen LogP contribution in [0.15, 0.2) is 48.5 Å². The van der Waals surface area contributed by atoms with Gasteiger partial charge in [-0.05, 0) is 42.0 Å². The van der Waals surface area contributed by atoms with E-state index < -0.39 is 10.0 Å². The third-order valence-electron chi connectivity index (χ3n) is 3.97. The van der Waals surface area contributed by atoms with Crippen LogP contribution in [0.1, 0.15) is 5.56 Å². The van der Waals surface area contributed by atoms with Crippen LogP contribution in [0, 0.1) is 5.82 Å². The second kappa shape index (κ2) is 8.85. The monoisotopic (exact) mass is 393 g/mol. The fraction of sp³-hybridized carbons (Fsp3) is 0.316. The number of hydrogen-bond acceptors (Lipinski definition) is 4. The summed E-state index contributed by atoms with van der Waals surface area (Å²) in [7, 11) is 0.320. The SMILES string of the molecule is CN(C)c1ccc(N(CCNC(=O)Cc2ccc(F)cc2)S(C)(=O)=O)cc1. The molecular formula is C19H24FN3O3S. The van der Waals surface area contributed by atoms with E-state index in [1.165, 1.54) is 16.4 Å². The minimum absolute atomic E-state index is 0.108. The van der Waals surface area contributed by atoms with Gasteiger partial charge in [0.15, 0.2) is 0 Å². The molecule has 2 rings (SSSR count). The molecule has 0 saturated carbocycles. The lowest BCUT2D eigenvalue weighted by molar-refractivity contribution is -0.120. The maximum atomic E-state index is 12.9. The number of anilines is 2. The zero-order chi connectivity index (χ0) is 20.0. The molecule has 0 aliphatic rings. The van der Waals surface area contributed by atoms with Gasteiger partial charge in [-0.2, -0.15) is 0 Å². The molecule has 0 radical (unpaired) electrons. The van der Waals surface area contributed by atoms with E-state index in [9.17, 15) is 17.6 Å². The molecule has 0 unspecified atom stereocenters. The number of hydrogen-bond donors (Lipinski definition) is 1. The maximum Gasteiger partial charge on any atom is 0.232 e. The van der Waals surface area contributed by atoms with Crippen molar-refractivity contribution in [3.05, 3.63) is 59.9 Å². The van der Waals surface area contributed by atoms with Crippen molar-refractivity contribution in [3.63, 3.8) is 0 Å². The van der Waals surface area contributed by atoms with Crippen molar-refractivity contribution in [2.45, 2.75) is 6.42 Å². The lowest BCUT2D eigenvalue weighted by Crippen LogP contribution is -2.38. The van der Waals surface area contributed by atoms with Crippen LogP contribution in [0.4, 0.5) is 15.8 Å². The summed E-state index contributed by atoms with van der Waals surface area (Å²) >= 11 is 0. The summed E-state index contributed by atoms with van der Waals surface area (Å²) < 4.78 is 38.4. The van der Waals surface area contributed by atoms with Gasteiger partial charge in [-0.1, -0.05) is 12.1 Å². The number of amides is 1. The predicted octanol–water partition coefficient (Wildman–Crippen LogP) is 2.02. The van der Waals surface area contributed by atoms with Crippen molar-refractivity contribution in [2.75, 3.05) is 42.6 Å². The lowest BCUT2D eigenvalue weighted by atomic mass is 10.1. The van der Waals surface area contributed by atoms with Crippen LogP contribution in [0.25, 0.3) is 0 Å². The fourth-order valence-electron chi connectivity index (χ4n) is 2.55. The summed E-state index contributed by atoms with van der Waals surface area (Å²) in [5.74, 6) is -0.610. The Morgan fingerprint density at radius 2 is 1.56 bits per heavy atom. The van der Waals surface area contributed by atoms with E-state index in [4.69, 9.17) is 0 Å². The molecule has 1 amide bonds. The van der Waals surface area contributed by atoms with Crippen LogP contribution in [-0.4, -0.2) is 47.8 Å². The Labute approximate surface area is 159 Å². The lowest BCUT2D eigenvalue weighted by Gasteiger charge is -2.23. The van der Waals surface area contributed by atoms with Crippen molar-refractivity contribution in [1.82, 2.24) is 5.32 Å². The van der Waals surface area contributed by atoms with E-state index in [-0.39, 0.29) is 31.2 Å². The van der Waals surface area contributed by atoms with Crippen molar-refractivity contribution >= 4 is 27.3 Å². The standard InChI is InChI=1S/C19H24FN3O3S/c1-22(2)17-8-10-18(11-9-17)23(27(3,25)26)13-12-21-19(24)14-15-4-6-16(20)7-5-15/h4-11H,12-14H2,1-3H3,(H,21,24). The largest absolute Gasteiger partial charge is 0.378 e. The highest BCUT2D eigenvalue weighted by Crippen LogP contribution is 2.21. The third-order valence-corrected chi connectivity index (χ3v) is 5.16. The Hall–Kier alpha value is -2.61. The highest BCUT2D eigenvalue weighted by Gasteiger charge is 2.17. The van der Waals surface area contributed by atoms with E-state index >= 15 is 0 Å². The van der Waals surface area contributed by atoms with Crippen LogP contribution in [0.3, 0.4) is 0 Å².